The molecule has 2 aromatic rings. The van der Waals surface area contributed by atoms with E-state index in [1.165, 1.54) is 6.07 Å². The predicted octanol–water partition coefficient (Wildman–Crippen LogP) is 4.10. The van der Waals surface area contributed by atoms with Crippen LogP contribution in [-0.2, 0) is 21.8 Å². The van der Waals surface area contributed by atoms with E-state index in [-0.39, 0.29) is 34.3 Å². The van der Waals surface area contributed by atoms with Crippen LogP contribution in [0.3, 0.4) is 0 Å². The van der Waals surface area contributed by atoms with Crippen molar-refractivity contribution in [1.29, 1.82) is 4.78 Å². The summed E-state index contributed by atoms with van der Waals surface area (Å²) in [7, 11) is -5.09. The molecule has 3 heterocycles. The van der Waals surface area contributed by atoms with E-state index in [1.54, 1.807) is 0 Å². The van der Waals surface area contributed by atoms with Crippen LogP contribution in [0.15, 0.2) is 23.1 Å². The van der Waals surface area contributed by atoms with Crippen LogP contribution in [-0.4, -0.2) is 72.0 Å². The van der Waals surface area contributed by atoms with Gasteiger partial charge in [-0.3, -0.25) is 5.10 Å². The van der Waals surface area contributed by atoms with Crippen molar-refractivity contribution in [2.45, 2.75) is 66.9 Å². The van der Waals surface area contributed by atoms with Gasteiger partial charge in [-0.05, 0) is 68.6 Å². The molecule has 1 aromatic heterocycles. The Morgan fingerprint density at radius 3 is 2.25 bits per heavy atom. The minimum absolute atomic E-state index is 0.0300. The molecule has 5 fully saturated rings. The molecule has 1 unspecified atom stereocenters. The molecule has 1 atom stereocenters. The fourth-order valence-electron chi connectivity index (χ4n) is 7.33. The van der Waals surface area contributed by atoms with Crippen LogP contribution in [0.1, 0.15) is 61.7 Å². The third kappa shape index (κ3) is 4.04. The normalized spacial score (nSPS) is 26.0. The van der Waals surface area contributed by atoms with Crippen molar-refractivity contribution in [1.82, 2.24) is 25.0 Å². The Bertz CT molecular complexity index is 1480. The van der Waals surface area contributed by atoms with Gasteiger partial charge in [0.15, 0.2) is 15.6 Å². The molecule has 0 radical (unpaired) electrons. The maximum Gasteiger partial charge on any atom is 0.483 e. The fourth-order valence-corrected chi connectivity index (χ4v) is 8.12. The Balaban J connectivity index is 0.856. The molecule has 1 aromatic carbocycles. The molecule has 2 spiro atoms. The molecule has 3 aliphatic carbocycles. The number of hydrogen-bond donors (Lipinski definition) is 3. The van der Waals surface area contributed by atoms with Gasteiger partial charge in [0.25, 0.3) is 0 Å². The van der Waals surface area contributed by atoms with E-state index in [9.17, 15) is 31.7 Å². The van der Waals surface area contributed by atoms with Crippen molar-refractivity contribution >= 4 is 15.8 Å². The topological polar surface area (TPSA) is 126 Å². The third-order valence-corrected chi connectivity index (χ3v) is 11.2. The lowest BCUT2D eigenvalue weighted by molar-refractivity contribution is -0.100. The van der Waals surface area contributed by atoms with Crippen LogP contribution < -0.4 is 0 Å². The van der Waals surface area contributed by atoms with Crippen LogP contribution >= 0.6 is 0 Å². The van der Waals surface area contributed by atoms with E-state index in [2.05, 4.69) is 15.2 Å². The number of amides is 2. The summed E-state index contributed by atoms with van der Waals surface area (Å²) >= 11 is 0. The van der Waals surface area contributed by atoms with Crippen LogP contribution in [0, 0.1) is 27.3 Å². The highest BCUT2D eigenvalue weighted by atomic mass is 32.2. The molecule has 7 rings (SSSR count). The average molecular weight is 583 g/mol. The maximum absolute atomic E-state index is 14.5. The van der Waals surface area contributed by atoms with Gasteiger partial charge in [0, 0.05) is 42.9 Å². The highest BCUT2D eigenvalue weighted by Gasteiger charge is 2.59. The maximum atomic E-state index is 14.5. The minimum Gasteiger partial charge on any atom is -0.382 e. The Kier molecular flexibility index (Phi) is 5.35. The fraction of sp³-hybridized carbons (Fsp3) is 0.654. The zero-order valence-electron chi connectivity index (χ0n) is 21.6. The summed E-state index contributed by atoms with van der Waals surface area (Å²) in [5.41, 5.74) is -5.68. The molecular formula is C26H30F4N6O3S. The number of carbonyl (C=O) groups is 1. The number of halogens is 4. The zero-order valence-corrected chi connectivity index (χ0v) is 22.5. The van der Waals surface area contributed by atoms with Crippen LogP contribution in [0.4, 0.5) is 22.4 Å². The zero-order chi connectivity index (χ0) is 28.3. The van der Waals surface area contributed by atoms with Gasteiger partial charge >= 0.3 is 11.5 Å². The van der Waals surface area contributed by atoms with Gasteiger partial charge in [-0.15, -0.1) is 0 Å². The number of nitrogens with one attached hydrogen (secondary N) is 2. The van der Waals surface area contributed by atoms with Crippen LogP contribution in [0.2, 0.25) is 0 Å². The molecule has 216 valence electrons. The number of alkyl halides is 3. The van der Waals surface area contributed by atoms with Crippen LogP contribution in [0.25, 0.3) is 0 Å². The molecule has 2 amide bonds. The molecule has 14 heteroatoms. The number of nitrogens with zero attached hydrogens (tertiary/aromatic N) is 4. The first-order valence-electron chi connectivity index (χ1n) is 13.5. The van der Waals surface area contributed by atoms with Gasteiger partial charge in [0.05, 0.1) is 4.90 Å². The number of H-pyrrole nitrogens is 1. The van der Waals surface area contributed by atoms with Crippen LogP contribution in [0.5, 0.6) is 0 Å². The van der Waals surface area contributed by atoms with Gasteiger partial charge < -0.3 is 14.9 Å². The van der Waals surface area contributed by atoms with E-state index < -0.39 is 31.6 Å². The Morgan fingerprint density at radius 1 is 1.10 bits per heavy atom. The molecule has 3 N–H and O–H groups in total. The quantitative estimate of drug-likeness (QED) is 0.458. The Morgan fingerprint density at radius 2 is 1.70 bits per heavy atom. The number of urea groups is 1. The summed E-state index contributed by atoms with van der Waals surface area (Å²) in [6.07, 6.45) is 5.28. The number of carbonyl (C=O) groups excluding carboxylic acids is 1. The second kappa shape index (κ2) is 8.17. The monoisotopic (exact) mass is 582 g/mol. The largest absolute Gasteiger partial charge is 0.483 e. The number of likely N-dealkylation sites (tertiary alicyclic amines) is 2. The smallest absolute Gasteiger partial charge is 0.382 e. The molecule has 2 aliphatic heterocycles. The summed E-state index contributed by atoms with van der Waals surface area (Å²) in [4.78, 5) is 20.3. The Labute approximate surface area is 228 Å². The number of aromatic nitrogens is 3. The summed E-state index contributed by atoms with van der Waals surface area (Å²) < 4.78 is 72.0. The number of hydrogen-bond acceptors (Lipinski definition) is 6. The van der Waals surface area contributed by atoms with Crippen molar-refractivity contribution in [3.63, 3.8) is 0 Å². The molecule has 0 bridgehead atoms. The van der Waals surface area contributed by atoms with E-state index >= 15 is 0 Å². The SMILES string of the molecule is N=S(=O)(c1ccc(CC2CC3(C2)CN(C(=O)N2CC4(CC(c5nc(C6(O)CC6)n[nH]5)C4)C2)C3)c(F)c1)C(F)(F)F. The number of benzene rings is 1. The molecule has 5 aliphatic rings. The van der Waals surface area contributed by atoms with Crippen molar-refractivity contribution in [2.24, 2.45) is 16.7 Å². The predicted molar refractivity (Wildman–Crippen MR) is 133 cm³/mol. The Hall–Kier alpha value is -2.74. The van der Waals surface area contributed by atoms with E-state index in [0.717, 1.165) is 50.7 Å². The summed E-state index contributed by atoms with van der Waals surface area (Å²) in [6.45, 7) is 2.78. The van der Waals surface area contributed by atoms with Gasteiger partial charge in [0.2, 0.25) is 0 Å². The number of rotatable bonds is 5. The number of aromatic amines is 1. The van der Waals surface area contributed by atoms with Gasteiger partial charge in [0.1, 0.15) is 17.2 Å². The molecule has 9 nitrogen and oxygen atoms in total. The molecule has 3 saturated carbocycles. The highest BCUT2D eigenvalue weighted by molar-refractivity contribution is 7.93. The molecule has 40 heavy (non-hydrogen) atoms. The number of aliphatic hydroxyl groups is 1. The second-order valence-corrected chi connectivity index (χ2v) is 15.0. The first-order chi connectivity index (χ1) is 18.7. The van der Waals surface area contributed by atoms with Gasteiger partial charge in [-0.2, -0.15) is 18.3 Å². The van der Waals surface area contributed by atoms with E-state index in [4.69, 9.17) is 4.78 Å². The van der Waals surface area contributed by atoms with Gasteiger partial charge in [-0.1, -0.05) is 6.07 Å². The highest BCUT2D eigenvalue weighted by Crippen LogP contribution is 2.57. The minimum atomic E-state index is -5.26. The van der Waals surface area contributed by atoms with E-state index in [1.807, 2.05) is 9.80 Å². The van der Waals surface area contributed by atoms with Gasteiger partial charge in [-0.25, -0.2) is 23.2 Å². The van der Waals surface area contributed by atoms with Crippen molar-refractivity contribution in [3.8, 4) is 0 Å². The summed E-state index contributed by atoms with van der Waals surface area (Å²) in [5.74, 6) is 0.882. The lowest BCUT2D eigenvalue weighted by Gasteiger charge is -2.63. The van der Waals surface area contributed by atoms with Crippen molar-refractivity contribution < 1.29 is 31.7 Å². The molecular weight excluding hydrogens is 552 g/mol. The average Bonchev–Trinajstić information content (AvgIpc) is 3.32. The molecule has 2 saturated heterocycles. The standard InChI is InChI=1S/C26H30F4N6O3S/c27-19-6-18(40(31,39)26(28,29)30)2-1-16(19)5-15-7-23(8-15)11-35(12-23)22(37)36-13-24(14-36)9-17(10-24)20-32-21(34-33-20)25(38)3-4-25/h1-2,6,15,17,31,38H,3-5,7-14H2,(H,32,33,34). The van der Waals surface area contributed by atoms with E-state index in [0.29, 0.717) is 44.2 Å². The summed E-state index contributed by atoms with van der Waals surface area (Å²) in [6, 6.07) is 2.76. The first-order valence-corrected chi connectivity index (χ1v) is 15.1. The summed E-state index contributed by atoms with van der Waals surface area (Å²) in [5, 5.41) is 17.3. The second-order valence-electron chi connectivity index (χ2n) is 12.9. The first kappa shape index (κ1) is 26.2. The van der Waals surface area contributed by atoms with Crippen molar-refractivity contribution in [2.75, 3.05) is 26.2 Å². The lowest BCUT2D eigenvalue weighted by Crippen LogP contribution is -2.71. The third-order valence-electron chi connectivity index (χ3n) is 9.67. The lowest BCUT2D eigenvalue weighted by atomic mass is 9.56. The van der Waals surface area contributed by atoms with Crippen molar-refractivity contribution in [3.05, 3.63) is 41.2 Å².